The number of nitrogens with one attached hydrogen (secondary N) is 2. The molecular weight excluding hydrogens is 324 g/mol. The summed E-state index contributed by atoms with van der Waals surface area (Å²) in [5.74, 6) is 0.157. The van der Waals surface area contributed by atoms with Gasteiger partial charge in [-0.3, -0.25) is 4.79 Å². The van der Waals surface area contributed by atoms with E-state index in [1.165, 1.54) is 0 Å². The molecule has 3 aromatic rings. The van der Waals surface area contributed by atoms with Gasteiger partial charge in [0.2, 0.25) is 0 Å². The Labute approximate surface area is 145 Å². The van der Waals surface area contributed by atoms with Crippen molar-refractivity contribution >= 4 is 40.0 Å². The fraction of sp³-hybridized carbons (Fsp3) is 0.167. The molecule has 0 radical (unpaired) electrons. The summed E-state index contributed by atoms with van der Waals surface area (Å²) in [6, 6.07) is 14.5. The molecule has 2 aromatic carbocycles. The van der Waals surface area contributed by atoms with Gasteiger partial charge in [0.15, 0.2) is 11.5 Å². The number of aromatic nitrogens is 2. The summed E-state index contributed by atoms with van der Waals surface area (Å²) in [6.45, 7) is 2.76. The molecule has 0 aliphatic carbocycles. The molecule has 0 bridgehead atoms. The van der Waals surface area contributed by atoms with Crippen LogP contribution in [-0.2, 0) is 0 Å². The van der Waals surface area contributed by atoms with E-state index in [0.717, 1.165) is 11.9 Å². The lowest BCUT2D eigenvalue weighted by Gasteiger charge is -2.11. The average Bonchev–Trinajstić information content (AvgIpc) is 2.59. The number of carbonyl (C=O) groups excluding carboxylic acids is 1. The van der Waals surface area contributed by atoms with Crippen molar-refractivity contribution in [3.63, 3.8) is 0 Å². The van der Waals surface area contributed by atoms with E-state index in [1.807, 2.05) is 31.2 Å². The number of anilines is 2. The van der Waals surface area contributed by atoms with Crippen molar-refractivity contribution in [2.45, 2.75) is 13.3 Å². The highest BCUT2D eigenvalue weighted by Gasteiger charge is 2.16. The van der Waals surface area contributed by atoms with Gasteiger partial charge in [0.05, 0.1) is 11.0 Å². The zero-order chi connectivity index (χ0) is 16.9. The largest absolute Gasteiger partial charge is 0.368 e. The molecule has 0 saturated heterocycles. The molecule has 1 aromatic heterocycles. The van der Waals surface area contributed by atoms with Gasteiger partial charge >= 0.3 is 0 Å². The Kier molecular flexibility index (Phi) is 4.91. The number of amides is 1. The molecule has 5 nitrogen and oxygen atoms in total. The molecule has 1 amide bonds. The number of halogens is 1. The first-order valence-corrected chi connectivity index (χ1v) is 8.12. The number of carbonyl (C=O) groups is 1. The van der Waals surface area contributed by atoms with Crippen LogP contribution in [0.5, 0.6) is 0 Å². The third kappa shape index (κ3) is 3.63. The molecule has 0 atom stereocenters. The number of nitrogens with zero attached hydrogens (tertiary/aromatic N) is 2. The van der Waals surface area contributed by atoms with Crippen molar-refractivity contribution < 1.29 is 4.79 Å². The van der Waals surface area contributed by atoms with Crippen LogP contribution in [0, 0.1) is 0 Å². The number of benzene rings is 2. The molecule has 0 aliphatic heterocycles. The monoisotopic (exact) mass is 340 g/mol. The van der Waals surface area contributed by atoms with E-state index in [-0.39, 0.29) is 11.6 Å². The van der Waals surface area contributed by atoms with Gasteiger partial charge in [0, 0.05) is 17.3 Å². The first-order chi connectivity index (χ1) is 11.7. The molecule has 1 heterocycles. The van der Waals surface area contributed by atoms with Gasteiger partial charge in [-0.05, 0) is 36.8 Å². The highest BCUT2D eigenvalue weighted by atomic mass is 35.5. The van der Waals surface area contributed by atoms with Gasteiger partial charge in [-0.1, -0.05) is 36.7 Å². The van der Waals surface area contributed by atoms with Crippen molar-refractivity contribution in [1.82, 2.24) is 9.97 Å². The second kappa shape index (κ2) is 7.27. The molecule has 24 heavy (non-hydrogen) atoms. The smallest absolute Gasteiger partial charge is 0.278 e. The van der Waals surface area contributed by atoms with Crippen molar-refractivity contribution in [3.05, 3.63) is 59.2 Å². The van der Waals surface area contributed by atoms with Gasteiger partial charge in [0.25, 0.3) is 5.91 Å². The second-order valence-corrected chi connectivity index (χ2v) is 5.74. The van der Waals surface area contributed by atoms with Crippen molar-refractivity contribution in [3.8, 4) is 0 Å². The van der Waals surface area contributed by atoms with Gasteiger partial charge < -0.3 is 10.6 Å². The standard InChI is InChI=1S/C18H17ClN4O/c1-2-10-20-17-16(22-14-8-3-4-9-15(14)23-17)18(24)21-13-7-5-6-12(19)11-13/h3-9,11H,2,10H2,1H3,(H,20,23)(H,21,24). The number of hydrogen-bond acceptors (Lipinski definition) is 4. The van der Waals surface area contributed by atoms with Crippen LogP contribution in [0.1, 0.15) is 23.8 Å². The van der Waals surface area contributed by atoms with Gasteiger partial charge in [-0.15, -0.1) is 0 Å². The quantitative estimate of drug-likeness (QED) is 0.724. The molecule has 0 spiro atoms. The number of rotatable bonds is 5. The normalized spacial score (nSPS) is 10.6. The molecule has 0 aliphatic rings. The molecule has 2 N–H and O–H groups in total. The third-order valence-corrected chi connectivity index (χ3v) is 3.65. The van der Waals surface area contributed by atoms with Crippen LogP contribution in [-0.4, -0.2) is 22.4 Å². The average molecular weight is 341 g/mol. The highest BCUT2D eigenvalue weighted by Crippen LogP contribution is 2.20. The van der Waals surface area contributed by atoms with Gasteiger partial charge in [-0.25, -0.2) is 9.97 Å². The maximum Gasteiger partial charge on any atom is 0.278 e. The Balaban J connectivity index is 1.97. The SMILES string of the molecule is CCCNc1nc2ccccc2nc1C(=O)Nc1cccc(Cl)c1. The van der Waals surface area contributed by atoms with Gasteiger partial charge in [0.1, 0.15) is 0 Å². The fourth-order valence-electron chi connectivity index (χ4n) is 2.28. The summed E-state index contributed by atoms with van der Waals surface area (Å²) in [5.41, 5.74) is 2.30. The Morgan fingerprint density at radius 3 is 2.54 bits per heavy atom. The topological polar surface area (TPSA) is 66.9 Å². The van der Waals surface area contributed by atoms with Crippen molar-refractivity contribution in [2.75, 3.05) is 17.2 Å². The molecule has 3 rings (SSSR count). The van der Waals surface area contributed by atoms with Crippen LogP contribution in [0.3, 0.4) is 0 Å². The van der Waals surface area contributed by atoms with E-state index in [1.54, 1.807) is 24.3 Å². The van der Waals surface area contributed by atoms with Crippen LogP contribution in [0.15, 0.2) is 48.5 Å². The number of hydrogen-bond donors (Lipinski definition) is 2. The van der Waals surface area contributed by atoms with E-state index in [4.69, 9.17) is 11.6 Å². The lowest BCUT2D eigenvalue weighted by molar-refractivity contribution is 0.102. The lowest BCUT2D eigenvalue weighted by atomic mass is 10.2. The lowest BCUT2D eigenvalue weighted by Crippen LogP contribution is -2.18. The van der Waals surface area contributed by atoms with E-state index >= 15 is 0 Å². The summed E-state index contributed by atoms with van der Waals surface area (Å²) in [4.78, 5) is 21.7. The maximum atomic E-state index is 12.7. The zero-order valence-corrected chi connectivity index (χ0v) is 14.0. The Morgan fingerprint density at radius 1 is 1.08 bits per heavy atom. The Bertz CT molecular complexity index is 882. The van der Waals surface area contributed by atoms with Crippen LogP contribution < -0.4 is 10.6 Å². The van der Waals surface area contributed by atoms with Crippen LogP contribution in [0.2, 0.25) is 5.02 Å². The van der Waals surface area contributed by atoms with E-state index in [0.29, 0.717) is 28.6 Å². The van der Waals surface area contributed by atoms with Gasteiger partial charge in [-0.2, -0.15) is 0 Å². The fourth-order valence-corrected chi connectivity index (χ4v) is 2.47. The minimum absolute atomic E-state index is 0.266. The van der Waals surface area contributed by atoms with E-state index in [2.05, 4.69) is 20.6 Å². The molecule has 0 saturated carbocycles. The maximum absolute atomic E-state index is 12.7. The Morgan fingerprint density at radius 2 is 1.83 bits per heavy atom. The van der Waals surface area contributed by atoms with E-state index in [9.17, 15) is 4.79 Å². The molecule has 0 unspecified atom stereocenters. The van der Waals surface area contributed by atoms with Crippen molar-refractivity contribution in [1.29, 1.82) is 0 Å². The predicted molar refractivity (Wildman–Crippen MR) is 97.7 cm³/mol. The molecule has 6 heteroatoms. The molecule has 122 valence electrons. The second-order valence-electron chi connectivity index (χ2n) is 5.30. The summed E-state index contributed by atoms with van der Waals surface area (Å²) in [6.07, 6.45) is 0.920. The summed E-state index contributed by atoms with van der Waals surface area (Å²) in [7, 11) is 0. The minimum Gasteiger partial charge on any atom is -0.368 e. The van der Waals surface area contributed by atoms with Crippen LogP contribution >= 0.6 is 11.6 Å². The van der Waals surface area contributed by atoms with E-state index < -0.39 is 0 Å². The van der Waals surface area contributed by atoms with Crippen molar-refractivity contribution in [2.24, 2.45) is 0 Å². The number of fused-ring (bicyclic) bond motifs is 1. The molecular formula is C18H17ClN4O. The van der Waals surface area contributed by atoms with Crippen LogP contribution in [0.25, 0.3) is 11.0 Å². The predicted octanol–water partition coefficient (Wildman–Crippen LogP) is 4.36. The first kappa shape index (κ1) is 16.2. The summed E-state index contributed by atoms with van der Waals surface area (Å²) >= 11 is 5.96. The highest BCUT2D eigenvalue weighted by molar-refractivity contribution is 6.31. The third-order valence-electron chi connectivity index (χ3n) is 3.41. The summed E-state index contributed by atoms with van der Waals surface area (Å²) < 4.78 is 0. The van der Waals surface area contributed by atoms with Crippen LogP contribution in [0.4, 0.5) is 11.5 Å². The Hall–Kier alpha value is -2.66. The molecule has 0 fully saturated rings. The first-order valence-electron chi connectivity index (χ1n) is 7.75. The minimum atomic E-state index is -0.325. The zero-order valence-electron chi connectivity index (χ0n) is 13.2. The summed E-state index contributed by atoms with van der Waals surface area (Å²) in [5, 5.41) is 6.54. The number of para-hydroxylation sites is 2.